The Kier molecular flexibility index (Phi) is 5.77. The normalized spacial score (nSPS) is 24.8. The molecular weight excluding hydrogens is 320 g/mol. The number of aliphatic hydroxyl groups excluding tert-OH is 1. The van der Waals surface area contributed by atoms with Crippen LogP contribution in [0.1, 0.15) is 31.7 Å². The molecule has 0 amide bonds. The minimum absolute atomic E-state index is 0.0260. The van der Waals surface area contributed by atoms with Crippen molar-refractivity contribution in [2.45, 2.75) is 38.8 Å². The molecule has 2 atom stereocenters. The highest BCUT2D eigenvalue weighted by atomic mass is 19.2. The summed E-state index contributed by atoms with van der Waals surface area (Å²) < 4.78 is 32.8. The van der Waals surface area contributed by atoms with Crippen LogP contribution < -0.4 is 4.74 Å². The van der Waals surface area contributed by atoms with Crippen LogP contribution in [0.2, 0.25) is 0 Å². The molecule has 1 aliphatic heterocycles. The first-order chi connectivity index (χ1) is 11.4. The van der Waals surface area contributed by atoms with Gasteiger partial charge in [0, 0.05) is 25.2 Å². The van der Waals surface area contributed by atoms with E-state index >= 15 is 0 Å². The van der Waals surface area contributed by atoms with Gasteiger partial charge in [-0.3, -0.25) is 9.69 Å². The van der Waals surface area contributed by atoms with Crippen LogP contribution in [0.25, 0.3) is 0 Å². The Morgan fingerprint density at radius 1 is 1.46 bits per heavy atom. The van der Waals surface area contributed by atoms with Crippen molar-refractivity contribution >= 4 is 5.97 Å². The van der Waals surface area contributed by atoms with Crippen LogP contribution in [-0.4, -0.2) is 47.4 Å². The zero-order valence-corrected chi connectivity index (χ0v) is 13.9. The second-order valence-corrected chi connectivity index (χ2v) is 6.27. The molecule has 2 N–H and O–H groups in total. The first kappa shape index (κ1) is 18.6. The summed E-state index contributed by atoms with van der Waals surface area (Å²) in [5, 5.41) is 19.9. The van der Waals surface area contributed by atoms with Crippen molar-refractivity contribution in [3.63, 3.8) is 0 Å². The van der Waals surface area contributed by atoms with Crippen molar-refractivity contribution in [2.75, 3.05) is 20.2 Å². The van der Waals surface area contributed by atoms with E-state index in [0.29, 0.717) is 19.4 Å². The van der Waals surface area contributed by atoms with E-state index in [9.17, 15) is 23.8 Å². The van der Waals surface area contributed by atoms with Crippen LogP contribution in [0, 0.1) is 17.0 Å². The van der Waals surface area contributed by atoms with Crippen molar-refractivity contribution in [1.29, 1.82) is 0 Å². The van der Waals surface area contributed by atoms with Crippen LogP contribution in [0.5, 0.6) is 5.75 Å². The van der Waals surface area contributed by atoms with Crippen molar-refractivity contribution in [2.24, 2.45) is 5.41 Å². The van der Waals surface area contributed by atoms with E-state index in [2.05, 4.69) is 0 Å². The number of hydrogen-bond donors (Lipinski definition) is 2. The molecule has 0 unspecified atom stereocenters. The number of piperidine rings is 1. The van der Waals surface area contributed by atoms with Crippen molar-refractivity contribution < 1.29 is 28.5 Å². The number of carboxylic acids is 1. The second kappa shape index (κ2) is 7.44. The first-order valence-corrected chi connectivity index (χ1v) is 8.00. The second-order valence-electron chi connectivity index (χ2n) is 6.27. The predicted octanol–water partition coefficient (Wildman–Crippen LogP) is 2.41. The van der Waals surface area contributed by atoms with Gasteiger partial charge < -0.3 is 14.9 Å². The Balaban J connectivity index is 2.28. The lowest BCUT2D eigenvalue weighted by Crippen LogP contribution is -2.55. The number of carboxylic acid groups (broad SMARTS) is 1. The van der Waals surface area contributed by atoms with E-state index < -0.39 is 29.1 Å². The summed E-state index contributed by atoms with van der Waals surface area (Å²) in [5.74, 6) is -2.80. The number of aliphatic hydroxyl groups is 1. The Bertz CT molecular complexity index is 610. The van der Waals surface area contributed by atoms with Gasteiger partial charge in [-0.15, -0.1) is 0 Å². The van der Waals surface area contributed by atoms with Gasteiger partial charge in [0.05, 0.1) is 13.2 Å². The van der Waals surface area contributed by atoms with Crippen LogP contribution in [0.15, 0.2) is 12.1 Å². The molecule has 1 fully saturated rings. The number of carbonyl (C=O) groups is 1. The minimum atomic E-state index is -1.29. The van der Waals surface area contributed by atoms with E-state index in [1.807, 2.05) is 6.92 Å². The maximum Gasteiger partial charge on any atom is 0.313 e. The number of likely N-dealkylation sites (tertiary alicyclic amines) is 1. The summed E-state index contributed by atoms with van der Waals surface area (Å²) in [5.41, 5.74) is -1.23. The van der Waals surface area contributed by atoms with Gasteiger partial charge in [-0.25, -0.2) is 8.78 Å². The van der Waals surface area contributed by atoms with Crippen LogP contribution in [0.4, 0.5) is 8.78 Å². The standard InChI is InChI=1S/C17H23F2NO4/c1-3-7-17(16(22)23)10-20(8-6-14(17)21)9-11-13(24-2)5-4-12(18)15(11)19/h4-5,14,21H,3,6-10H2,1-2H3,(H,22,23)/t14-,17-/m1/s1. The summed E-state index contributed by atoms with van der Waals surface area (Å²) in [6.07, 6.45) is 0.244. The maximum absolute atomic E-state index is 14.1. The van der Waals surface area contributed by atoms with Gasteiger partial charge >= 0.3 is 5.97 Å². The predicted molar refractivity (Wildman–Crippen MR) is 83.8 cm³/mol. The third-order valence-corrected chi connectivity index (χ3v) is 4.74. The van der Waals surface area contributed by atoms with E-state index in [0.717, 1.165) is 6.07 Å². The quantitative estimate of drug-likeness (QED) is 0.830. The minimum Gasteiger partial charge on any atom is -0.496 e. The van der Waals surface area contributed by atoms with Gasteiger partial charge in [0.15, 0.2) is 11.6 Å². The molecule has 0 aromatic heterocycles. The summed E-state index contributed by atoms with van der Waals surface area (Å²) in [6, 6.07) is 2.35. The molecule has 1 aromatic carbocycles. The van der Waals surface area contributed by atoms with Crippen LogP contribution in [-0.2, 0) is 11.3 Å². The number of ether oxygens (including phenoxy) is 1. The number of nitrogens with zero attached hydrogens (tertiary/aromatic N) is 1. The number of halogens is 2. The topological polar surface area (TPSA) is 70.0 Å². The fourth-order valence-electron chi connectivity index (χ4n) is 3.45. The molecule has 1 aromatic rings. The van der Waals surface area contributed by atoms with E-state index in [1.54, 1.807) is 4.90 Å². The van der Waals surface area contributed by atoms with Crippen molar-refractivity contribution in [3.05, 3.63) is 29.3 Å². The highest BCUT2D eigenvalue weighted by Gasteiger charge is 2.48. The highest BCUT2D eigenvalue weighted by molar-refractivity contribution is 5.76. The molecule has 1 heterocycles. The molecule has 0 aliphatic carbocycles. The number of aliphatic carboxylic acids is 1. The number of methoxy groups -OCH3 is 1. The molecule has 134 valence electrons. The summed E-state index contributed by atoms with van der Waals surface area (Å²) in [4.78, 5) is 13.5. The number of hydrogen-bond acceptors (Lipinski definition) is 4. The highest BCUT2D eigenvalue weighted by Crippen LogP contribution is 2.37. The molecule has 1 aliphatic rings. The number of benzene rings is 1. The molecule has 24 heavy (non-hydrogen) atoms. The van der Waals surface area contributed by atoms with E-state index in [1.165, 1.54) is 13.2 Å². The molecule has 0 bridgehead atoms. The summed E-state index contributed by atoms with van der Waals surface area (Å²) in [7, 11) is 1.37. The SMILES string of the molecule is CCC[C@@]1(C(=O)O)CN(Cc2c(OC)ccc(F)c2F)CC[C@H]1O. The Labute approximate surface area is 139 Å². The van der Waals surface area contributed by atoms with Crippen molar-refractivity contribution in [1.82, 2.24) is 4.90 Å². The zero-order valence-electron chi connectivity index (χ0n) is 13.9. The Morgan fingerprint density at radius 2 is 2.17 bits per heavy atom. The molecule has 2 rings (SSSR count). The zero-order chi connectivity index (χ0) is 17.9. The van der Waals surface area contributed by atoms with Gasteiger partial charge in [0.1, 0.15) is 11.2 Å². The summed E-state index contributed by atoms with van der Waals surface area (Å²) >= 11 is 0. The van der Waals surface area contributed by atoms with Gasteiger partial charge in [0.25, 0.3) is 0 Å². The lowest BCUT2D eigenvalue weighted by Gasteiger charge is -2.43. The van der Waals surface area contributed by atoms with Crippen molar-refractivity contribution in [3.8, 4) is 5.75 Å². The third kappa shape index (κ3) is 3.37. The Hall–Kier alpha value is -1.73. The molecule has 0 spiro atoms. The molecular formula is C17H23F2NO4. The fraction of sp³-hybridized carbons (Fsp3) is 0.588. The van der Waals surface area contributed by atoms with E-state index in [4.69, 9.17) is 4.74 Å². The third-order valence-electron chi connectivity index (χ3n) is 4.74. The van der Waals surface area contributed by atoms with Gasteiger partial charge in [-0.2, -0.15) is 0 Å². The maximum atomic E-state index is 14.1. The lowest BCUT2D eigenvalue weighted by atomic mass is 9.74. The fourth-order valence-corrected chi connectivity index (χ4v) is 3.45. The van der Waals surface area contributed by atoms with Crippen LogP contribution in [0.3, 0.4) is 0 Å². The number of rotatable bonds is 6. The lowest BCUT2D eigenvalue weighted by molar-refractivity contribution is -0.164. The molecule has 0 radical (unpaired) electrons. The molecule has 5 nitrogen and oxygen atoms in total. The molecule has 0 saturated carbocycles. The molecule has 7 heteroatoms. The van der Waals surface area contributed by atoms with Gasteiger partial charge in [-0.05, 0) is 25.0 Å². The average molecular weight is 343 g/mol. The monoisotopic (exact) mass is 343 g/mol. The largest absolute Gasteiger partial charge is 0.496 e. The first-order valence-electron chi connectivity index (χ1n) is 8.00. The smallest absolute Gasteiger partial charge is 0.313 e. The molecule has 1 saturated heterocycles. The van der Waals surface area contributed by atoms with Gasteiger partial charge in [-0.1, -0.05) is 13.3 Å². The summed E-state index contributed by atoms with van der Waals surface area (Å²) in [6.45, 7) is 2.36. The Morgan fingerprint density at radius 3 is 2.75 bits per heavy atom. The van der Waals surface area contributed by atoms with Crippen LogP contribution >= 0.6 is 0 Å². The van der Waals surface area contributed by atoms with Gasteiger partial charge in [0.2, 0.25) is 0 Å². The van der Waals surface area contributed by atoms with E-state index in [-0.39, 0.29) is 30.8 Å². The average Bonchev–Trinajstić information content (AvgIpc) is 2.55.